The lowest BCUT2D eigenvalue weighted by atomic mass is 9.79. The molecule has 1 aliphatic carbocycles. The zero-order valence-electron chi connectivity index (χ0n) is 11.8. The maximum Gasteiger partial charge on any atom is 0.0351 e. The maximum atomic E-state index is 3.49. The fraction of sp³-hybridized carbons (Fsp3) is 0.625. The van der Waals surface area contributed by atoms with E-state index < -0.39 is 0 Å². The van der Waals surface area contributed by atoms with Gasteiger partial charge in [-0.15, -0.1) is 0 Å². The molecular formula is C16H25NS. The first-order valence-electron chi connectivity index (χ1n) is 7.02. The molecule has 2 rings (SSSR count). The molecule has 0 aliphatic heterocycles. The van der Waals surface area contributed by atoms with E-state index in [4.69, 9.17) is 0 Å². The van der Waals surface area contributed by atoms with Gasteiger partial charge in [0.1, 0.15) is 0 Å². The second-order valence-electron chi connectivity index (χ2n) is 5.50. The number of nitrogens with one attached hydrogen (secondary N) is 1. The van der Waals surface area contributed by atoms with Crippen LogP contribution >= 0.6 is 11.8 Å². The summed E-state index contributed by atoms with van der Waals surface area (Å²) >= 11 is 1.93. The van der Waals surface area contributed by atoms with Crippen LogP contribution in [0, 0.1) is 5.92 Å². The van der Waals surface area contributed by atoms with Crippen molar-refractivity contribution in [3.05, 3.63) is 35.4 Å². The molecular weight excluding hydrogens is 238 g/mol. The quantitative estimate of drug-likeness (QED) is 0.825. The summed E-state index contributed by atoms with van der Waals surface area (Å²) in [5, 5.41) is 3.49. The summed E-state index contributed by atoms with van der Waals surface area (Å²) in [5.41, 5.74) is 3.01. The molecule has 0 bridgehead atoms. The van der Waals surface area contributed by atoms with Crippen molar-refractivity contribution in [2.75, 3.05) is 19.1 Å². The summed E-state index contributed by atoms with van der Waals surface area (Å²) in [6.07, 6.45) is 6.36. The summed E-state index contributed by atoms with van der Waals surface area (Å²) in [6, 6.07) is 9.73. The van der Waals surface area contributed by atoms with Gasteiger partial charge in [-0.2, -0.15) is 11.8 Å². The van der Waals surface area contributed by atoms with Crippen LogP contribution in [0.2, 0.25) is 0 Å². The number of hydrogen-bond acceptors (Lipinski definition) is 2. The Kier molecular flexibility index (Phi) is 5.13. The highest BCUT2D eigenvalue weighted by atomic mass is 32.2. The number of rotatable bonds is 6. The highest BCUT2D eigenvalue weighted by molar-refractivity contribution is 7.98. The van der Waals surface area contributed by atoms with Crippen LogP contribution in [-0.4, -0.2) is 19.1 Å². The van der Waals surface area contributed by atoms with E-state index >= 15 is 0 Å². The fourth-order valence-corrected chi connectivity index (χ4v) is 3.61. The van der Waals surface area contributed by atoms with Gasteiger partial charge in [-0.25, -0.2) is 0 Å². The van der Waals surface area contributed by atoms with Crippen LogP contribution in [0.25, 0.3) is 0 Å². The van der Waals surface area contributed by atoms with Crippen LogP contribution in [0.1, 0.15) is 49.3 Å². The summed E-state index contributed by atoms with van der Waals surface area (Å²) in [4.78, 5) is 0. The van der Waals surface area contributed by atoms with E-state index in [-0.39, 0.29) is 0 Å². The van der Waals surface area contributed by atoms with Crippen molar-refractivity contribution < 1.29 is 0 Å². The third kappa shape index (κ3) is 3.10. The van der Waals surface area contributed by atoms with Crippen molar-refractivity contribution in [1.29, 1.82) is 0 Å². The molecule has 100 valence electrons. The van der Waals surface area contributed by atoms with E-state index in [0.717, 1.165) is 5.92 Å². The topological polar surface area (TPSA) is 12.0 Å². The molecule has 1 nitrogen and oxygen atoms in total. The Balaban J connectivity index is 2.14. The zero-order valence-corrected chi connectivity index (χ0v) is 12.6. The van der Waals surface area contributed by atoms with Gasteiger partial charge in [0, 0.05) is 6.04 Å². The second-order valence-corrected chi connectivity index (χ2v) is 6.41. The summed E-state index contributed by atoms with van der Waals surface area (Å²) in [5.74, 6) is 2.71. The average Bonchev–Trinajstić information content (AvgIpc) is 2.28. The highest BCUT2D eigenvalue weighted by Crippen LogP contribution is 2.37. The minimum atomic E-state index is 0.484. The first-order valence-corrected chi connectivity index (χ1v) is 8.41. The van der Waals surface area contributed by atoms with E-state index in [0.29, 0.717) is 12.0 Å². The normalized spacial score (nSPS) is 19.3. The van der Waals surface area contributed by atoms with E-state index in [1.807, 2.05) is 11.8 Å². The van der Waals surface area contributed by atoms with Crippen molar-refractivity contribution in [1.82, 2.24) is 5.32 Å². The molecule has 1 N–H and O–H groups in total. The van der Waals surface area contributed by atoms with E-state index in [2.05, 4.69) is 49.8 Å². The Hall–Kier alpha value is -0.470. The first-order chi connectivity index (χ1) is 8.76. The van der Waals surface area contributed by atoms with Crippen molar-refractivity contribution in [3.8, 4) is 0 Å². The molecule has 0 radical (unpaired) electrons. The van der Waals surface area contributed by atoms with E-state index in [9.17, 15) is 0 Å². The second kappa shape index (κ2) is 6.63. The Morgan fingerprint density at radius 3 is 2.72 bits per heavy atom. The van der Waals surface area contributed by atoms with Gasteiger partial charge in [-0.3, -0.25) is 0 Å². The monoisotopic (exact) mass is 263 g/mol. The van der Waals surface area contributed by atoms with Crippen LogP contribution in [0.4, 0.5) is 0 Å². The SMILES string of the molecule is CNC(c1cccc(C2CCC2)c1)C(C)CSC. The van der Waals surface area contributed by atoms with Gasteiger partial charge in [-0.1, -0.05) is 37.6 Å². The van der Waals surface area contributed by atoms with Crippen LogP contribution in [0.5, 0.6) is 0 Å². The van der Waals surface area contributed by atoms with Crippen molar-refractivity contribution in [3.63, 3.8) is 0 Å². The Morgan fingerprint density at radius 1 is 1.39 bits per heavy atom. The van der Waals surface area contributed by atoms with Crippen molar-refractivity contribution >= 4 is 11.8 Å². The Bertz CT molecular complexity index is 373. The number of benzene rings is 1. The molecule has 2 heteroatoms. The molecule has 1 aliphatic rings. The average molecular weight is 263 g/mol. The molecule has 0 heterocycles. The van der Waals surface area contributed by atoms with E-state index in [1.165, 1.54) is 30.6 Å². The van der Waals surface area contributed by atoms with Gasteiger partial charge in [0.05, 0.1) is 0 Å². The molecule has 18 heavy (non-hydrogen) atoms. The Labute approximate surface area is 116 Å². The van der Waals surface area contributed by atoms with Crippen LogP contribution in [0.15, 0.2) is 24.3 Å². The molecule has 1 aromatic carbocycles. The number of thioether (sulfide) groups is 1. The molecule has 0 saturated heterocycles. The zero-order chi connectivity index (χ0) is 13.0. The predicted octanol–water partition coefficient (Wildman–Crippen LogP) is 4.21. The molecule has 0 aromatic heterocycles. The number of hydrogen-bond donors (Lipinski definition) is 1. The molecule has 2 atom stereocenters. The lowest BCUT2D eigenvalue weighted by Gasteiger charge is -2.28. The first kappa shape index (κ1) is 14.0. The van der Waals surface area contributed by atoms with Crippen LogP contribution < -0.4 is 5.32 Å². The third-order valence-electron chi connectivity index (χ3n) is 4.16. The van der Waals surface area contributed by atoms with Crippen molar-refractivity contribution in [2.24, 2.45) is 5.92 Å². The van der Waals surface area contributed by atoms with Gasteiger partial charge in [0.15, 0.2) is 0 Å². The molecule has 0 amide bonds. The van der Waals surface area contributed by atoms with Gasteiger partial charge < -0.3 is 5.32 Å². The predicted molar refractivity (Wildman–Crippen MR) is 82.4 cm³/mol. The lowest BCUT2D eigenvalue weighted by Crippen LogP contribution is -2.25. The molecule has 2 unspecified atom stereocenters. The summed E-state index contributed by atoms with van der Waals surface area (Å²) in [7, 11) is 2.08. The molecule has 1 aromatic rings. The van der Waals surface area contributed by atoms with Gasteiger partial charge in [0.25, 0.3) is 0 Å². The van der Waals surface area contributed by atoms with Gasteiger partial charge in [-0.05, 0) is 54.9 Å². The minimum Gasteiger partial charge on any atom is -0.313 e. The minimum absolute atomic E-state index is 0.484. The third-order valence-corrected chi connectivity index (χ3v) is 5.02. The highest BCUT2D eigenvalue weighted by Gasteiger charge is 2.22. The van der Waals surface area contributed by atoms with E-state index in [1.54, 1.807) is 5.56 Å². The van der Waals surface area contributed by atoms with Crippen LogP contribution in [0.3, 0.4) is 0 Å². The standard InChI is InChI=1S/C16H25NS/c1-12(11-18-3)16(17-2)15-9-5-8-14(10-15)13-6-4-7-13/h5,8-10,12-13,16-17H,4,6-7,11H2,1-3H3. The fourth-order valence-electron chi connectivity index (χ4n) is 2.89. The van der Waals surface area contributed by atoms with Gasteiger partial charge >= 0.3 is 0 Å². The molecule has 1 saturated carbocycles. The smallest absolute Gasteiger partial charge is 0.0351 e. The van der Waals surface area contributed by atoms with Crippen molar-refractivity contribution in [2.45, 2.75) is 38.1 Å². The lowest BCUT2D eigenvalue weighted by molar-refractivity contribution is 0.416. The summed E-state index contributed by atoms with van der Waals surface area (Å²) < 4.78 is 0. The maximum absolute atomic E-state index is 3.49. The van der Waals surface area contributed by atoms with Crippen LogP contribution in [-0.2, 0) is 0 Å². The molecule has 0 spiro atoms. The summed E-state index contributed by atoms with van der Waals surface area (Å²) in [6.45, 7) is 2.34. The largest absolute Gasteiger partial charge is 0.313 e. The van der Waals surface area contributed by atoms with Gasteiger partial charge in [0.2, 0.25) is 0 Å². The molecule has 1 fully saturated rings. The Morgan fingerprint density at radius 2 is 2.17 bits per heavy atom.